The van der Waals surface area contributed by atoms with Gasteiger partial charge in [0, 0.05) is 111 Å². The number of aromatic nitrogens is 8. The number of carbonyl (C=O) groups is 6. The molecule has 0 unspecified atom stereocenters. The number of aryl methyl sites for hydroxylation is 8. The Morgan fingerprint density at radius 2 is 0.941 bits per heavy atom. The number of halogens is 2. The van der Waals surface area contributed by atoms with Gasteiger partial charge < -0.3 is 84.3 Å². The third kappa shape index (κ3) is 26.1. The van der Waals surface area contributed by atoms with Crippen molar-refractivity contribution in [1.29, 1.82) is 0 Å². The number of aliphatic carboxylic acids is 1. The Bertz CT molecular complexity index is 5990. The van der Waals surface area contributed by atoms with Crippen molar-refractivity contribution in [3.8, 4) is 54.5 Å². The second-order valence-corrected chi connectivity index (χ2v) is 39.3. The van der Waals surface area contributed by atoms with E-state index in [1.165, 1.54) is 9.80 Å². The van der Waals surface area contributed by atoms with Gasteiger partial charge in [-0.15, -0.1) is 22.7 Å². The molecular weight excluding hydrogens is 1790 g/mol. The highest BCUT2D eigenvalue weighted by Crippen LogP contribution is 2.42. The lowest BCUT2D eigenvalue weighted by atomic mass is 9.85. The second-order valence-electron chi connectivity index (χ2n) is 36.8. The molecule has 14 rings (SSSR count). The normalized spacial score (nSPS) is 15.8. The van der Waals surface area contributed by atoms with Gasteiger partial charge in [-0.05, 0) is 212 Å². The molecule has 135 heavy (non-hydrogen) atoms. The molecule has 716 valence electrons. The summed E-state index contributed by atoms with van der Waals surface area (Å²) in [5.74, 6) is -1.21. The van der Waals surface area contributed by atoms with Crippen LogP contribution in [-0.2, 0) is 38.2 Å². The number of nitrogens with two attached hydrogens (primary N) is 1. The third-order valence-electron chi connectivity index (χ3n) is 24.4. The number of aliphatic hydroxyl groups excluding tert-OH is 2. The first-order valence-corrected chi connectivity index (χ1v) is 48.0. The molecule has 8 N–H and O–H groups in total. The Labute approximate surface area is 807 Å². The Kier molecular flexibility index (Phi) is 34.9. The van der Waals surface area contributed by atoms with Crippen LogP contribution >= 0.6 is 45.9 Å². The van der Waals surface area contributed by atoms with E-state index in [0.29, 0.717) is 36.2 Å². The average Bonchev–Trinajstić information content (AvgIpc) is 1.26. The largest absolute Gasteiger partial charge is 0.480 e. The monoisotopic (exact) mass is 1910 g/mol. The molecule has 29 nitrogen and oxygen atoms in total. The van der Waals surface area contributed by atoms with Gasteiger partial charge in [-0.25, -0.2) is 24.7 Å². The van der Waals surface area contributed by atoms with Crippen LogP contribution in [0, 0.1) is 66.2 Å². The molecule has 2 saturated heterocycles. The SMILES string of the molecule is Cc1ccc(-c2c(C)noc2C)cc1N(CCCCCOCC(=O)N[C@H](C(=O)N1C[C@H](O)C[C@H]1C(=O)N[C@@H](C)c1ccc(-c2scnc2C)cc1)C(C)(C)C)c1ccc(-n2ccnc2)c(Cl)c1.Cc1ccc(-c2c(C)noc2C)cc1N(CCCCCOCC(=O)O)c1ccc(-n2ccnc2)c(Cl)c1.Cc1ncsc1-c1ccc([C@H](C)NC(=O)[C@@H]2C[C@@H](O)CN2C(=O)[C@@H](N)C(C)(C)C)cc1. The maximum Gasteiger partial charge on any atom is 0.329 e. The second kappa shape index (κ2) is 46.2. The fourth-order valence-corrected chi connectivity index (χ4v) is 19.0. The summed E-state index contributed by atoms with van der Waals surface area (Å²) >= 11 is 16.8. The van der Waals surface area contributed by atoms with E-state index in [1.54, 1.807) is 47.7 Å². The Hall–Kier alpha value is -11.8. The fourth-order valence-electron chi connectivity index (χ4n) is 16.8. The van der Waals surface area contributed by atoms with Crippen molar-refractivity contribution in [3.05, 3.63) is 236 Å². The lowest BCUT2D eigenvalue weighted by Gasteiger charge is -2.35. The molecule has 0 aliphatic carbocycles. The predicted octanol–water partition coefficient (Wildman–Crippen LogP) is 18.4. The number of β-amino-alcohol motifs (C(OH)–C–C–N with tert-alkyl or cyclic N) is 2. The quantitative estimate of drug-likeness (QED) is 0.0181. The summed E-state index contributed by atoms with van der Waals surface area (Å²) in [5.41, 5.74) is 28.3. The summed E-state index contributed by atoms with van der Waals surface area (Å²) in [6, 6.07) is 36.9. The number of carboxylic acids is 1. The average molecular weight is 1920 g/mol. The first-order valence-electron chi connectivity index (χ1n) is 45.5. The molecule has 6 aromatic heterocycles. The number of hydrogen-bond donors (Lipinski definition) is 7. The summed E-state index contributed by atoms with van der Waals surface area (Å²) in [5, 5.41) is 48.0. The predicted molar refractivity (Wildman–Crippen MR) is 529 cm³/mol. The third-order valence-corrected chi connectivity index (χ3v) is 27.0. The minimum atomic E-state index is -0.961. The van der Waals surface area contributed by atoms with Gasteiger partial charge in [0.25, 0.3) is 0 Å². The van der Waals surface area contributed by atoms with Gasteiger partial charge in [-0.3, -0.25) is 24.0 Å². The summed E-state index contributed by atoms with van der Waals surface area (Å²) in [7, 11) is 0. The van der Waals surface area contributed by atoms with E-state index in [9.17, 15) is 39.0 Å². The summed E-state index contributed by atoms with van der Waals surface area (Å²) in [6.07, 6.45) is 14.2. The number of unbranched alkanes of at least 4 members (excludes halogenated alkanes) is 4. The molecule has 0 bridgehead atoms. The van der Waals surface area contributed by atoms with E-state index in [0.717, 1.165) is 172 Å². The number of ether oxygens (including phenoxy) is 2. The van der Waals surface area contributed by atoms with Crippen LogP contribution in [0.2, 0.25) is 10.0 Å². The number of benzene rings is 6. The Morgan fingerprint density at radius 3 is 1.30 bits per heavy atom. The number of likely N-dealkylation sites (tertiary alicyclic amines) is 2. The molecule has 2 aliphatic heterocycles. The standard InChI is InChI=1S/C51H61ClN8O6S.C28H31ClN4O4.C23H32N4O3S/c1-31-12-13-38(46-33(3)57-66-35(46)5)24-43(31)59(39-18-19-42(41(52)25-39)58-22-20-53-29-58)21-10-9-11-23-65-28-45(62)56-48(51(6,7)8)50(64)60-27-40(61)26-44(60)49(63)55-32(2)36-14-16-37(17-15-36)47-34(4)54-30-67-47;1-19-7-8-22(28-20(2)31-37-21(28)3)15-26(19)33(12-5-4-6-14-36-17-27(34)35)23-9-10-25(24(29)16-23)32-13-11-30-18-32;1-13(15-6-8-16(9-7-15)19-14(2)25-12-31-19)26-21(29)18-10-17(28)11-27(18)22(30)20(24)23(3,4)5/h12-20,22,24-25,29-30,32,40,44,48,61H,9-11,21,23,26-28H2,1-8H3,(H,55,63)(H,56,62);7-11,13,15-16,18H,4-6,12,14,17H2,1-3H3,(H,34,35);6-9,12-13,17-18,20,28H,10-11,24H2,1-5H3,(H,26,29)/t32-,40+,44-,48+;;13-,17+,18-,20+/m0.0/s1. The van der Waals surface area contributed by atoms with Crippen LogP contribution in [0.25, 0.3) is 54.5 Å². The number of anilines is 4. The number of nitrogens with one attached hydrogen (secondary N) is 3. The maximum atomic E-state index is 14.2. The highest BCUT2D eigenvalue weighted by molar-refractivity contribution is 7.13. The van der Waals surface area contributed by atoms with E-state index in [2.05, 4.69) is 118 Å². The summed E-state index contributed by atoms with van der Waals surface area (Å²) in [4.78, 5) is 104. The zero-order chi connectivity index (χ0) is 97.3. The molecule has 2 aliphatic rings. The number of amides is 5. The fraction of sp³-hybridized carbons (Fsp3) is 0.412. The first kappa shape index (κ1) is 102. The van der Waals surface area contributed by atoms with E-state index < -0.39 is 65.0 Å². The van der Waals surface area contributed by atoms with E-state index in [4.69, 9.17) is 52.6 Å². The number of hydrogen-bond acceptors (Lipinski definition) is 23. The summed E-state index contributed by atoms with van der Waals surface area (Å²) < 4.78 is 25.7. The van der Waals surface area contributed by atoms with E-state index in [-0.39, 0.29) is 69.0 Å². The minimum Gasteiger partial charge on any atom is -0.480 e. The van der Waals surface area contributed by atoms with Gasteiger partial charge in [-0.2, -0.15) is 0 Å². The number of thiazole rings is 2. The number of nitrogens with zero attached hydrogens (tertiary/aromatic N) is 12. The van der Waals surface area contributed by atoms with Gasteiger partial charge >= 0.3 is 5.97 Å². The van der Waals surface area contributed by atoms with Crippen molar-refractivity contribution < 1.29 is 62.6 Å². The maximum absolute atomic E-state index is 14.2. The van der Waals surface area contributed by atoms with Crippen molar-refractivity contribution in [3.63, 3.8) is 0 Å². The zero-order valence-corrected chi connectivity index (χ0v) is 82.7. The summed E-state index contributed by atoms with van der Waals surface area (Å²) in [6.45, 7) is 32.7. The number of imidazole rings is 2. The van der Waals surface area contributed by atoms with Crippen LogP contribution in [0.15, 0.2) is 179 Å². The molecule has 2 fully saturated rings. The van der Waals surface area contributed by atoms with Crippen molar-refractivity contribution >= 4 is 104 Å². The first-order chi connectivity index (χ1) is 64.3. The number of carboxylic acid groups (broad SMARTS) is 1. The van der Waals surface area contributed by atoms with E-state index >= 15 is 0 Å². The van der Waals surface area contributed by atoms with Gasteiger partial charge in [0.05, 0.1) is 108 Å². The molecule has 33 heteroatoms. The van der Waals surface area contributed by atoms with Crippen molar-refractivity contribution in [2.75, 3.05) is 62.4 Å². The Morgan fingerprint density at radius 1 is 0.526 bits per heavy atom. The topological polar surface area (TPSA) is 370 Å². The van der Waals surface area contributed by atoms with Gasteiger partial charge in [-0.1, -0.05) is 148 Å². The smallest absolute Gasteiger partial charge is 0.329 e. The van der Waals surface area contributed by atoms with Crippen LogP contribution in [0.5, 0.6) is 0 Å². The van der Waals surface area contributed by atoms with Crippen molar-refractivity contribution in [2.24, 2.45) is 16.6 Å². The van der Waals surface area contributed by atoms with Gasteiger partial charge in [0.1, 0.15) is 42.9 Å². The Balaban J connectivity index is 0.000000202. The van der Waals surface area contributed by atoms with Crippen LogP contribution in [0.1, 0.15) is 175 Å². The lowest BCUT2D eigenvalue weighted by molar-refractivity contribution is -0.144. The lowest BCUT2D eigenvalue weighted by Crippen LogP contribution is -2.58. The van der Waals surface area contributed by atoms with Crippen LogP contribution in [-0.4, -0.2) is 189 Å². The van der Waals surface area contributed by atoms with Crippen molar-refractivity contribution in [2.45, 2.75) is 211 Å². The molecule has 8 heterocycles. The highest BCUT2D eigenvalue weighted by atomic mass is 35.5. The van der Waals surface area contributed by atoms with Gasteiger partial charge in [0.2, 0.25) is 29.5 Å². The molecule has 0 spiro atoms. The van der Waals surface area contributed by atoms with Crippen molar-refractivity contribution in [1.82, 2.24) is 65.1 Å². The molecular formula is C102H124Cl2N16O13S2. The molecule has 8 atom stereocenters. The molecule has 12 aromatic rings. The molecule has 0 radical (unpaired) electrons. The number of carbonyl (C=O) groups excluding carboxylic acids is 5. The molecule has 0 saturated carbocycles. The van der Waals surface area contributed by atoms with Crippen LogP contribution in [0.3, 0.4) is 0 Å². The van der Waals surface area contributed by atoms with Crippen LogP contribution < -0.4 is 31.5 Å². The zero-order valence-electron chi connectivity index (χ0n) is 79.5. The van der Waals surface area contributed by atoms with Gasteiger partial charge in [0.15, 0.2) is 0 Å². The highest BCUT2D eigenvalue weighted by Gasteiger charge is 2.46. The molecule has 6 aromatic carbocycles. The minimum absolute atomic E-state index is 0.0132. The number of rotatable bonds is 35. The van der Waals surface area contributed by atoms with Crippen LogP contribution in [0.4, 0.5) is 22.7 Å². The molecule has 5 amide bonds. The van der Waals surface area contributed by atoms with E-state index in [1.807, 2.05) is 202 Å². The number of aliphatic hydroxyl groups is 2.